The van der Waals surface area contributed by atoms with Crippen molar-refractivity contribution in [3.05, 3.63) is 29.3 Å². The van der Waals surface area contributed by atoms with Crippen LogP contribution in [-0.4, -0.2) is 16.9 Å². The zero-order valence-electron chi connectivity index (χ0n) is 8.32. The largest absolute Gasteiger partial charge is 0.508 e. The van der Waals surface area contributed by atoms with Gasteiger partial charge in [-0.2, -0.15) is 0 Å². The maximum atomic E-state index is 9.37. The van der Waals surface area contributed by atoms with Gasteiger partial charge in [-0.15, -0.1) is 0 Å². The van der Waals surface area contributed by atoms with E-state index >= 15 is 0 Å². The molecular formula is C11H13NO2. The molecule has 2 rings (SSSR count). The van der Waals surface area contributed by atoms with Crippen molar-refractivity contribution in [3.63, 3.8) is 0 Å². The number of hydrogen-bond acceptors (Lipinski definition) is 3. The minimum atomic E-state index is 0.166. The van der Waals surface area contributed by atoms with E-state index in [1.807, 2.05) is 26.0 Å². The van der Waals surface area contributed by atoms with E-state index < -0.39 is 0 Å². The third-order valence-electron chi connectivity index (χ3n) is 2.35. The normalized spacial score (nSPS) is 20.4. The Kier molecular flexibility index (Phi) is 2.15. The van der Waals surface area contributed by atoms with Crippen LogP contribution in [0, 0.1) is 6.92 Å². The zero-order valence-corrected chi connectivity index (χ0v) is 8.32. The Morgan fingerprint density at radius 1 is 1.50 bits per heavy atom. The molecule has 0 saturated carbocycles. The first kappa shape index (κ1) is 9.06. The maximum Gasteiger partial charge on any atom is 0.130 e. The number of rotatable bonds is 1. The molecule has 1 aromatic carbocycles. The average molecular weight is 191 g/mol. The fourth-order valence-electron chi connectivity index (χ4n) is 1.51. The molecule has 1 heterocycles. The standard InChI is InChI=1S/C11H13NO2/c1-7-5-9(3-4-11(7)13)10-6-8(2)14-12-10/h3-5,8,13H,6H2,1-2H3/t8-/m1/s1. The molecule has 0 aromatic heterocycles. The SMILES string of the molecule is Cc1cc(C2=NO[C@H](C)C2)ccc1O. The molecule has 0 amide bonds. The van der Waals surface area contributed by atoms with Gasteiger partial charge in [0.2, 0.25) is 0 Å². The molecule has 0 aliphatic carbocycles. The fourth-order valence-corrected chi connectivity index (χ4v) is 1.51. The Labute approximate surface area is 83.0 Å². The predicted octanol–water partition coefficient (Wildman–Crippen LogP) is 2.21. The average Bonchev–Trinajstić information content (AvgIpc) is 2.57. The number of phenolic OH excluding ortho intramolecular Hbond substituents is 1. The lowest BCUT2D eigenvalue weighted by Crippen LogP contribution is -2.03. The molecule has 14 heavy (non-hydrogen) atoms. The Hall–Kier alpha value is -1.51. The second-order valence-corrected chi connectivity index (χ2v) is 3.66. The minimum absolute atomic E-state index is 0.166. The minimum Gasteiger partial charge on any atom is -0.508 e. The van der Waals surface area contributed by atoms with E-state index in [4.69, 9.17) is 4.84 Å². The Bertz CT molecular complexity index is 385. The Morgan fingerprint density at radius 2 is 2.29 bits per heavy atom. The lowest BCUT2D eigenvalue weighted by atomic mass is 10.0. The first-order chi connectivity index (χ1) is 6.66. The van der Waals surface area contributed by atoms with Gasteiger partial charge in [-0.1, -0.05) is 5.16 Å². The van der Waals surface area contributed by atoms with Gasteiger partial charge in [0.25, 0.3) is 0 Å². The van der Waals surface area contributed by atoms with Crippen molar-refractivity contribution in [3.8, 4) is 5.75 Å². The number of hydrogen-bond donors (Lipinski definition) is 1. The molecule has 0 unspecified atom stereocenters. The summed E-state index contributed by atoms with van der Waals surface area (Å²) in [6, 6.07) is 5.48. The lowest BCUT2D eigenvalue weighted by Gasteiger charge is -2.02. The van der Waals surface area contributed by atoms with Gasteiger partial charge in [0.05, 0.1) is 5.71 Å². The van der Waals surface area contributed by atoms with Crippen molar-refractivity contribution in [2.75, 3.05) is 0 Å². The van der Waals surface area contributed by atoms with Crippen LogP contribution in [0.4, 0.5) is 0 Å². The quantitative estimate of drug-likeness (QED) is 0.739. The van der Waals surface area contributed by atoms with Gasteiger partial charge in [-0.3, -0.25) is 0 Å². The molecule has 0 bridgehead atoms. The molecule has 0 fully saturated rings. The second-order valence-electron chi connectivity index (χ2n) is 3.66. The van der Waals surface area contributed by atoms with Crippen molar-refractivity contribution in [2.24, 2.45) is 5.16 Å². The van der Waals surface area contributed by atoms with Crippen LogP contribution in [0.25, 0.3) is 0 Å². The molecule has 0 radical (unpaired) electrons. The van der Waals surface area contributed by atoms with Gasteiger partial charge in [0.15, 0.2) is 0 Å². The van der Waals surface area contributed by atoms with Crippen LogP contribution >= 0.6 is 0 Å². The van der Waals surface area contributed by atoms with E-state index in [0.717, 1.165) is 23.3 Å². The first-order valence-electron chi connectivity index (χ1n) is 4.69. The molecule has 74 valence electrons. The summed E-state index contributed by atoms with van der Waals surface area (Å²) >= 11 is 0. The van der Waals surface area contributed by atoms with E-state index in [-0.39, 0.29) is 6.10 Å². The van der Waals surface area contributed by atoms with Crippen molar-refractivity contribution in [1.29, 1.82) is 0 Å². The molecule has 0 spiro atoms. The number of nitrogens with zero attached hydrogens (tertiary/aromatic N) is 1. The van der Waals surface area contributed by atoms with E-state index in [1.165, 1.54) is 0 Å². The Balaban J connectivity index is 2.30. The van der Waals surface area contributed by atoms with Gasteiger partial charge in [0.1, 0.15) is 11.9 Å². The lowest BCUT2D eigenvalue weighted by molar-refractivity contribution is 0.0995. The van der Waals surface area contributed by atoms with Gasteiger partial charge in [-0.05, 0) is 43.2 Å². The monoisotopic (exact) mass is 191 g/mol. The summed E-state index contributed by atoms with van der Waals surface area (Å²) in [7, 11) is 0. The van der Waals surface area contributed by atoms with E-state index in [1.54, 1.807) is 6.07 Å². The van der Waals surface area contributed by atoms with E-state index in [9.17, 15) is 5.11 Å². The molecule has 0 saturated heterocycles. The topological polar surface area (TPSA) is 41.8 Å². The van der Waals surface area contributed by atoms with Gasteiger partial charge in [-0.25, -0.2) is 0 Å². The third kappa shape index (κ3) is 1.58. The summed E-state index contributed by atoms with van der Waals surface area (Å²) in [6.07, 6.45) is 1.00. The summed E-state index contributed by atoms with van der Waals surface area (Å²) < 4.78 is 0. The van der Waals surface area contributed by atoms with Crippen LogP contribution < -0.4 is 0 Å². The molecule has 1 aromatic rings. The number of benzene rings is 1. The van der Waals surface area contributed by atoms with Crippen LogP contribution in [0.15, 0.2) is 23.4 Å². The van der Waals surface area contributed by atoms with E-state index in [0.29, 0.717) is 5.75 Å². The molecule has 3 heteroatoms. The van der Waals surface area contributed by atoms with Gasteiger partial charge in [0, 0.05) is 6.42 Å². The van der Waals surface area contributed by atoms with Gasteiger partial charge >= 0.3 is 0 Å². The van der Waals surface area contributed by atoms with Crippen molar-refractivity contribution >= 4 is 5.71 Å². The summed E-state index contributed by atoms with van der Waals surface area (Å²) in [5, 5.41) is 13.4. The highest BCUT2D eigenvalue weighted by molar-refractivity contribution is 6.01. The fraction of sp³-hybridized carbons (Fsp3) is 0.364. The maximum absolute atomic E-state index is 9.37. The summed E-state index contributed by atoms with van der Waals surface area (Å²) in [5.74, 6) is 0.321. The molecule has 1 aliphatic heterocycles. The number of phenols is 1. The van der Waals surface area contributed by atoms with Crippen molar-refractivity contribution in [2.45, 2.75) is 26.4 Å². The highest BCUT2D eigenvalue weighted by Crippen LogP contribution is 2.21. The Morgan fingerprint density at radius 3 is 2.86 bits per heavy atom. The van der Waals surface area contributed by atoms with Crippen LogP contribution in [-0.2, 0) is 4.84 Å². The van der Waals surface area contributed by atoms with E-state index in [2.05, 4.69) is 5.16 Å². The summed E-state index contributed by atoms with van der Waals surface area (Å²) in [6.45, 7) is 3.86. The molecule has 1 atom stereocenters. The number of aromatic hydroxyl groups is 1. The molecular weight excluding hydrogens is 178 g/mol. The van der Waals surface area contributed by atoms with Crippen molar-refractivity contribution in [1.82, 2.24) is 0 Å². The highest BCUT2D eigenvalue weighted by atomic mass is 16.6. The molecule has 1 N–H and O–H groups in total. The van der Waals surface area contributed by atoms with Crippen LogP contribution in [0.5, 0.6) is 5.75 Å². The number of aryl methyl sites for hydroxylation is 1. The summed E-state index contributed by atoms with van der Waals surface area (Å²) in [4.78, 5) is 5.12. The molecule has 3 nitrogen and oxygen atoms in total. The smallest absolute Gasteiger partial charge is 0.130 e. The van der Waals surface area contributed by atoms with Crippen LogP contribution in [0.2, 0.25) is 0 Å². The first-order valence-corrected chi connectivity index (χ1v) is 4.69. The second kappa shape index (κ2) is 3.33. The van der Waals surface area contributed by atoms with Crippen LogP contribution in [0.1, 0.15) is 24.5 Å². The summed E-state index contributed by atoms with van der Waals surface area (Å²) in [5.41, 5.74) is 2.86. The zero-order chi connectivity index (χ0) is 10.1. The van der Waals surface area contributed by atoms with Crippen LogP contribution in [0.3, 0.4) is 0 Å². The highest BCUT2D eigenvalue weighted by Gasteiger charge is 2.17. The number of oxime groups is 1. The predicted molar refractivity (Wildman–Crippen MR) is 54.5 cm³/mol. The van der Waals surface area contributed by atoms with Crippen molar-refractivity contribution < 1.29 is 9.94 Å². The third-order valence-corrected chi connectivity index (χ3v) is 2.35. The van der Waals surface area contributed by atoms with Gasteiger partial charge < -0.3 is 9.94 Å². The molecule has 1 aliphatic rings.